The number of aromatic nitrogens is 1. The highest BCUT2D eigenvalue weighted by Gasteiger charge is 2.25. The Morgan fingerprint density at radius 1 is 1.44 bits per heavy atom. The van der Waals surface area contributed by atoms with Crippen LogP contribution in [0.25, 0.3) is 10.4 Å². The zero-order chi connectivity index (χ0) is 17.8. The molecule has 3 rings (SSSR count). The number of rotatable bonds is 4. The molecule has 2 aliphatic rings. The summed E-state index contributed by atoms with van der Waals surface area (Å²) in [5.74, 6) is -0.122. The molecule has 1 aromatic heterocycles. The SMILES string of the molecule is [N-]=[N+]=NCCn1cc(C(=O)O)c(=O)c2c1NC(N1CCNCC1)=NC2. The van der Waals surface area contributed by atoms with Gasteiger partial charge in [-0.05, 0) is 5.53 Å². The van der Waals surface area contributed by atoms with Gasteiger partial charge in [0.1, 0.15) is 11.4 Å². The quantitative estimate of drug-likeness (QED) is 0.398. The van der Waals surface area contributed by atoms with Gasteiger partial charge in [0, 0.05) is 50.4 Å². The average Bonchev–Trinajstić information content (AvgIpc) is 2.64. The summed E-state index contributed by atoms with van der Waals surface area (Å²) < 4.78 is 1.60. The van der Waals surface area contributed by atoms with Crippen molar-refractivity contribution in [2.24, 2.45) is 10.1 Å². The van der Waals surface area contributed by atoms with Crippen molar-refractivity contribution in [3.8, 4) is 0 Å². The number of anilines is 1. The van der Waals surface area contributed by atoms with Gasteiger partial charge in [-0.3, -0.25) is 4.79 Å². The van der Waals surface area contributed by atoms with E-state index < -0.39 is 11.4 Å². The first kappa shape index (κ1) is 16.8. The molecule has 3 N–H and O–H groups in total. The van der Waals surface area contributed by atoms with E-state index in [0.29, 0.717) is 17.3 Å². The van der Waals surface area contributed by atoms with E-state index in [2.05, 4.69) is 30.6 Å². The van der Waals surface area contributed by atoms with Gasteiger partial charge in [-0.2, -0.15) is 0 Å². The maximum Gasteiger partial charge on any atom is 0.341 e. The minimum atomic E-state index is -1.29. The highest BCUT2D eigenvalue weighted by molar-refractivity contribution is 5.96. The molecule has 11 nitrogen and oxygen atoms in total. The van der Waals surface area contributed by atoms with E-state index in [1.54, 1.807) is 4.57 Å². The lowest BCUT2D eigenvalue weighted by atomic mass is 10.1. The lowest BCUT2D eigenvalue weighted by molar-refractivity contribution is 0.0694. The van der Waals surface area contributed by atoms with Crippen LogP contribution in [-0.4, -0.2) is 59.2 Å². The van der Waals surface area contributed by atoms with Crippen molar-refractivity contribution in [1.29, 1.82) is 0 Å². The molecule has 0 unspecified atom stereocenters. The third kappa shape index (κ3) is 3.42. The number of carboxylic acids is 1. The molecule has 1 aromatic rings. The third-order valence-corrected chi connectivity index (χ3v) is 4.14. The van der Waals surface area contributed by atoms with Crippen LogP contribution in [0, 0.1) is 0 Å². The number of nitrogens with one attached hydrogen (secondary N) is 2. The van der Waals surface area contributed by atoms with Gasteiger partial charge in [-0.1, -0.05) is 5.11 Å². The molecule has 0 amide bonds. The largest absolute Gasteiger partial charge is 0.477 e. The maximum atomic E-state index is 12.4. The van der Waals surface area contributed by atoms with Crippen molar-refractivity contribution >= 4 is 17.7 Å². The monoisotopic (exact) mass is 346 g/mol. The smallest absolute Gasteiger partial charge is 0.341 e. The molecular weight excluding hydrogens is 328 g/mol. The predicted molar refractivity (Wildman–Crippen MR) is 90.9 cm³/mol. The molecule has 0 radical (unpaired) electrons. The lowest BCUT2D eigenvalue weighted by Crippen LogP contribution is -2.50. The number of pyridine rings is 1. The highest BCUT2D eigenvalue weighted by atomic mass is 16.4. The van der Waals surface area contributed by atoms with E-state index in [1.807, 2.05) is 0 Å². The van der Waals surface area contributed by atoms with Gasteiger partial charge in [0.2, 0.25) is 5.43 Å². The van der Waals surface area contributed by atoms with Crippen molar-refractivity contribution in [1.82, 2.24) is 14.8 Å². The first-order valence-electron chi connectivity index (χ1n) is 7.89. The molecule has 11 heteroatoms. The van der Waals surface area contributed by atoms with Crippen LogP contribution >= 0.6 is 0 Å². The van der Waals surface area contributed by atoms with Gasteiger partial charge >= 0.3 is 5.97 Å². The predicted octanol–water partition coefficient (Wildman–Crippen LogP) is 0.0435. The standard InChI is InChI=1S/C14H18N8O3/c15-20-18-3-6-22-8-10(13(24)25)11(23)9-7-17-14(19-12(9)22)21-4-1-16-2-5-21/h8,16H,1-7H2,(H,17,19)(H,24,25). The molecule has 0 aliphatic carbocycles. The summed E-state index contributed by atoms with van der Waals surface area (Å²) in [7, 11) is 0. The number of hydrogen-bond acceptors (Lipinski definition) is 7. The van der Waals surface area contributed by atoms with Crippen LogP contribution in [0.3, 0.4) is 0 Å². The molecule has 0 aromatic carbocycles. The lowest BCUT2D eigenvalue weighted by Gasteiger charge is -2.33. The van der Waals surface area contributed by atoms with Gasteiger partial charge in [0.05, 0.1) is 12.1 Å². The Morgan fingerprint density at radius 3 is 2.88 bits per heavy atom. The molecule has 0 saturated carbocycles. The second-order valence-electron chi connectivity index (χ2n) is 5.65. The summed E-state index contributed by atoms with van der Waals surface area (Å²) in [5.41, 5.74) is 7.88. The van der Waals surface area contributed by atoms with E-state index in [0.717, 1.165) is 26.2 Å². The first-order valence-corrected chi connectivity index (χ1v) is 7.89. The van der Waals surface area contributed by atoms with Crippen LogP contribution in [0.4, 0.5) is 5.82 Å². The van der Waals surface area contributed by atoms with Crippen LogP contribution in [0.1, 0.15) is 15.9 Å². The molecule has 1 saturated heterocycles. The Labute approximate surface area is 142 Å². The minimum Gasteiger partial charge on any atom is -0.477 e. The number of carbonyl (C=O) groups is 1. The Kier molecular flexibility index (Phi) is 4.87. The van der Waals surface area contributed by atoms with Crippen molar-refractivity contribution in [3.05, 3.63) is 38.0 Å². The topological polar surface area (TPSA) is 148 Å². The fraction of sp³-hybridized carbons (Fsp3) is 0.500. The number of hydrogen-bond donors (Lipinski definition) is 3. The van der Waals surface area contributed by atoms with Gasteiger partial charge in [-0.15, -0.1) is 0 Å². The molecule has 132 valence electrons. The Bertz CT molecular complexity index is 818. The molecular formula is C14H18N8O3. The van der Waals surface area contributed by atoms with Crippen LogP contribution < -0.4 is 16.1 Å². The number of piperazine rings is 1. The highest BCUT2D eigenvalue weighted by Crippen LogP contribution is 2.20. The van der Waals surface area contributed by atoms with E-state index in [9.17, 15) is 14.7 Å². The summed E-state index contributed by atoms with van der Waals surface area (Å²) in [6.07, 6.45) is 1.28. The number of fused-ring (bicyclic) bond motifs is 1. The third-order valence-electron chi connectivity index (χ3n) is 4.14. The van der Waals surface area contributed by atoms with E-state index >= 15 is 0 Å². The average molecular weight is 346 g/mol. The number of carboxylic acid groups (broad SMARTS) is 1. The number of guanidine groups is 1. The number of aliphatic imine (C=N–C) groups is 1. The van der Waals surface area contributed by atoms with Crippen molar-refractivity contribution in [2.75, 3.05) is 38.0 Å². The molecule has 0 atom stereocenters. The van der Waals surface area contributed by atoms with Gasteiger partial charge in [-0.25, -0.2) is 9.79 Å². The number of azide groups is 1. The van der Waals surface area contributed by atoms with Crippen molar-refractivity contribution in [3.63, 3.8) is 0 Å². The number of nitrogens with zero attached hydrogens (tertiary/aromatic N) is 6. The van der Waals surface area contributed by atoms with Crippen molar-refractivity contribution < 1.29 is 9.90 Å². The fourth-order valence-corrected chi connectivity index (χ4v) is 2.90. The molecule has 3 heterocycles. The molecule has 0 bridgehead atoms. The fourth-order valence-electron chi connectivity index (χ4n) is 2.90. The Balaban J connectivity index is 1.97. The maximum absolute atomic E-state index is 12.4. The molecule has 1 fully saturated rings. The summed E-state index contributed by atoms with van der Waals surface area (Å²) >= 11 is 0. The molecule has 0 spiro atoms. The van der Waals surface area contributed by atoms with E-state index in [-0.39, 0.29) is 25.2 Å². The van der Waals surface area contributed by atoms with Crippen LogP contribution in [0.2, 0.25) is 0 Å². The molecule has 2 aliphatic heterocycles. The summed E-state index contributed by atoms with van der Waals surface area (Å²) in [5, 5.41) is 19.1. The normalized spacial score (nSPS) is 16.3. The Morgan fingerprint density at radius 2 is 2.20 bits per heavy atom. The first-order chi connectivity index (χ1) is 12.1. The number of aromatic carboxylic acids is 1. The van der Waals surface area contributed by atoms with Crippen molar-refractivity contribution in [2.45, 2.75) is 13.1 Å². The van der Waals surface area contributed by atoms with Crippen LogP contribution in [-0.2, 0) is 13.1 Å². The van der Waals surface area contributed by atoms with Crippen LogP contribution in [0.5, 0.6) is 0 Å². The minimum absolute atomic E-state index is 0.114. The Hall–Kier alpha value is -3.04. The summed E-state index contributed by atoms with van der Waals surface area (Å²) in [6.45, 7) is 3.78. The molecule has 25 heavy (non-hydrogen) atoms. The summed E-state index contributed by atoms with van der Waals surface area (Å²) in [6, 6.07) is 0. The van der Waals surface area contributed by atoms with E-state index in [1.165, 1.54) is 6.20 Å². The zero-order valence-corrected chi connectivity index (χ0v) is 13.5. The second-order valence-corrected chi connectivity index (χ2v) is 5.65. The van der Waals surface area contributed by atoms with Crippen LogP contribution in [0.15, 0.2) is 21.1 Å². The summed E-state index contributed by atoms with van der Waals surface area (Å²) in [4.78, 5) is 32.9. The zero-order valence-electron chi connectivity index (χ0n) is 13.5. The van der Waals surface area contributed by atoms with Gasteiger partial charge in [0.25, 0.3) is 0 Å². The second kappa shape index (κ2) is 7.24. The van der Waals surface area contributed by atoms with Gasteiger partial charge in [0.15, 0.2) is 5.96 Å². The van der Waals surface area contributed by atoms with Gasteiger partial charge < -0.3 is 25.2 Å². The van der Waals surface area contributed by atoms with E-state index in [4.69, 9.17) is 5.53 Å².